The number of aryl methyl sites for hydroxylation is 1. The minimum atomic E-state index is -0.608. The van der Waals surface area contributed by atoms with Gasteiger partial charge in [0.2, 0.25) is 5.95 Å². The van der Waals surface area contributed by atoms with Crippen LogP contribution in [0.3, 0.4) is 0 Å². The van der Waals surface area contributed by atoms with Gasteiger partial charge in [0.1, 0.15) is 11.6 Å². The summed E-state index contributed by atoms with van der Waals surface area (Å²) in [4.78, 5) is 28.3. The van der Waals surface area contributed by atoms with Crippen LogP contribution in [-0.2, 0) is 0 Å². The lowest BCUT2D eigenvalue weighted by Crippen LogP contribution is -2.47. The Bertz CT molecular complexity index is 1490. The zero-order valence-corrected chi connectivity index (χ0v) is 20.3. The number of rotatable bonds is 5. The van der Waals surface area contributed by atoms with Crippen LogP contribution in [0.25, 0.3) is 33.2 Å². The fraction of sp³-hybridized carbons (Fsp3) is 0.321. The molecule has 0 unspecified atom stereocenters. The number of piperazine rings is 1. The number of nitrogens with two attached hydrogens (primary N) is 1. The van der Waals surface area contributed by atoms with E-state index in [2.05, 4.69) is 36.9 Å². The molecule has 0 atom stereocenters. The Balaban J connectivity index is 1.27. The molecular formula is C28H29FN6O. The molecule has 6 rings (SSSR count). The standard InChI is InChI=1S/C28H29FN6O/c1-17-31-25-14-20(6-9-22(25)28(36)32-17)24-15-23(26(29)33-27(24)30)19-4-7-21(8-5-19)35-12-10-34(11-13-35)16-18-2-3-18/h4-9,14-15,18H,2-3,10-13,16H2,1H3,(H2,30,33)(H,31,32,36). The molecule has 1 aliphatic heterocycles. The summed E-state index contributed by atoms with van der Waals surface area (Å²) < 4.78 is 14.9. The smallest absolute Gasteiger partial charge is 0.258 e. The van der Waals surface area contributed by atoms with Crippen LogP contribution in [0.1, 0.15) is 18.7 Å². The molecule has 0 radical (unpaired) electrons. The van der Waals surface area contributed by atoms with Crippen LogP contribution in [0.15, 0.2) is 53.3 Å². The van der Waals surface area contributed by atoms with Gasteiger partial charge in [0.25, 0.3) is 5.56 Å². The predicted octanol–water partition coefficient (Wildman–Crippen LogP) is 4.21. The van der Waals surface area contributed by atoms with Gasteiger partial charge >= 0.3 is 0 Å². The molecule has 0 bridgehead atoms. The first-order valence-corrected chi connectivity index (χ1v) is 12.5. The van der Waals surface area contributed by atoms with Crippen LogP contribution in [-0.4, -0.2) is 52.6 Å². The highest BCUT2D eigenvalue weighted by molar-refractivity contribution is 5.87. The number of pyridine rings is 1. The van der Waals surface area contributed by atoms with Crippen molar-refractivity contribution >= 4 is 22.4 Å². The van der Waals surface area contributed by atoms with Gasteiger partial charge in [-0.25, -0.2) is 9.97 Å². The van der Waals surface area contributed by atoms with Gasteiger partial charge in [0, 0.05) is 49.5 Å². The van der Waals surface area contributed by atoms with Gasteiger partial charge in [-0.15, -0.1) is 0 Å². The minimum absolute atomic E-state index is 0.0952. The summed E-state index contributed by atoms with van der Waals surface area (Å²) in [5.74, 6) is 0.934. The number of nitrogens with one attached hydrogen (secondary N) is 1. The molecule has 36 heavy (non-hydrogen) atoms. The van der Waals surface area contributed by atoms with E-state index in [1.54, 1.807) is 31.2 Å². The van der Waals surface area contributed by atoms with E-state index in [-0.39, 0.29) is 11.4 Å². The van der Waals surface area contributed by atoms with E-state index in [1.165, 1.54) is 19.4 Å². The molecule has 2 fully saturated rings. The first-order valence-electron chi connectivity index (χ1n) is 12.5. The minimum Gasteiger partial charge on any atom is -0.383 e. The number of nitrogen functional groups attached to an aromatic ring is 1. The van der Waals surface area contributed by atoms with Crippen molar-refractivity contribution in [2.24, 2.45) is 5.92 Å². The zero-order chi connectivity index (χ0) is 24.8. The molecule has 3 heterocycles. The van der Waals surface area contributed by atoms with Crippen molar-refractivity contribution < 1.29 is 4.39 Å². The highest BCUT2D eigenvalue weighted by Crippen LogP contribution is 2.34. The molecule has 184 valence electrons. The number of anilines is 2. The summed E-state index contributed by atoms with van der Waals surface area (Å²) in [7, 11) is 0. The molecule has 1 aliphatic carbocycles. The number of fused-ring (bicyclic) bond motifs is 1. The van der Waals surface area contributed by atoms with Crippen LogP contribution in [0.5, 0.6) is 0 Å². The number of H-pyrrole nitrogens is 1. The molecule has 2 aromatic carbocycles. The molecule has 0 spiro atoms. The summed E-state index contributed by atoms with van der Waals surface area (Å²) in [5, 5.41) is 0.488. The zero-order valence-electron chi connectivity index (χ0n) is 20.3. The maximum Gasteiger partial charge on any atom is 0.258 e. The van der Waals surface area contributed by atoms with Crippen molar-refractivity contribution in [2.75, 3.05) is 43.4 Å². The quantitative estimate of drug-likeness (QED) is 0.413. The van der Waals surface area contributed by atoms with E-state index in [0.29, 0.717) is 27.9 Å². The molecular weight excluding hydrogens is 455 g/mol. The largest absolute Gasteiger partial charge is 0.383 e. The molecule has 7 nitrogen and oxygen atoms in total. The first kappa shape index (κ1) is 22.7. The van der Waals surface area contributed by atoms with Crippen molar-refractivity contribution in [3.05, 3.63) is 70.7 Å². The first-order chi connectivity index (χ1) is 17.4. The lowest BCUT2D eigenvalue weighted by Gasteiger charge is -2.36. The van der Waals surface area contributed by atoms with E-state index in [4.69, 9.17) is 5.73 Å². The third-order valence-electron chi connectivity index (χ3n) is 7.27. The van der Waals surface area contributed by atoms with Crippen molar-refractivity contribution in [3.63, 3.8) is 0 Å². The third-order valence-corrected chi connectivity index (χ3v) is 7.27. The Morgan fingerprint density at radius 2 is 1.69 bits per heavy atom. The average molecular weight is 485 g/mol. The van der Waals surface area contributed by atoms with Crippen molar-refractivity contribution in [1.82, 2.24) is 19.9 Å². The Morgan fingerprint density at radius 3 is 2.42 bits per heavy atom. The lowest BCUT2D eigenvalue weighted by atomic mass is 9.99. The third kappa shape index (κ3) is 4.44. The molecule has 1 saturated heterocycles. The molecule has 0 amide bonds. The van der Waals surface area contributed by atoms with E-state index in [0.717, 1.165) is 48.9 Å². The summed E-state index contributed by atoms with van der Waals surface area (Å²) in [5.41, 5.74) is 10.1. The molecule has 4 aromatic rings. The number of halogens is 1. The summed E-state index contributed by atoms with van der Waals surface area (Å²) in [6.07, 6.45) is 2.77. The number of hydrogen-bond acceptors (Lipinski definition) is 6. The Morgan fingerprint density at radius 1 is 0.972 bits per heavy atom. The number of benzene rings is 2. The molecule has 2 aliphatic rings. The van der Waals surface area contributed by atoms with Gasteiger partial charge in [-0.2, -0.15) is 4.39 Å². The van der Waals surface area contributed by atoms with Gasteiger partial charge in [0.15, 0.2) is 0 Å². The number of nitrogens with zero attached hydrogens (tertiary/aromatic N) is 4. The molecule has 1 saturated carbocycles. The predicted molar refractivity (Wildman–Crippen MR) is 142 cm³/mol. The van der Waals surface area contributed by atoms with E-state index >= 15 is 0 Å². The van der Waals surface area contributed by atoms with Gasteiger partial charge in [-0.1, -0.05) is 18.2 Å². The van der Waals surface area contributed by atoms with Crippen LogP contribution >= 0.6 is 0 Å². The van der Waals surface area contributed by atoms with Crippen LogP contribution in [0.2, 0.25) is 0 Å². The fourth-order valence-electron chi connectivity index (χ4n) is 5.07. The van der Waals surface area contributed by atoms with Crippen LogP contribution < -0.4 is 16.2 Å². The average Bonchev–Trinajstić information content (AvgIpc) is 3.68. The SMILES string of the molecule is Cc1nc2cc(-c3cc(-c4ccc(N5CCN(CC6CC6)CC5)cc4)c(F)nc3N)ccc2c(=O)[nH]1. The van der Waals surface area contributed by atoms with Gasteiger partial charge in [-0.3, -0.25) is 9.69 Å². The Labute approximate surface area is 208 Å². The van der Waals surface area contributed by atoms with E-state index < -0.39 is 5.95 Å². The Kier molecular flexibility index (Phi) is 5.68. The van der Waals surface area contributed by atoms with Crippen LogP contribution in [0.4, 0.5) is 15.9 Å². The second kappa shape index (κ2) is 9.02. The van der Waals surface area contributed by atoms with Crippen molar-refractivity contribution in [2.45, 2.75) is 19.8 Å². The summed E-state index contributed by atoms with van der Waals surface area (Å²) in [6.45, 7) is 7.16. The van der Waals surface area contributed by atoms with Crippen LogP contribution in [0, 0.1) is 18.8 Å². The van der Waals surface area contributed by atoms with E-state index in [9.17, 15) is 9.18 Å². The van der Waals surface area contributed by atoms with Gasteiger partial charge in [-0.05, 0) is 67.1 Å². The number of hydrogen-bond donors (Lipinski definition) is 2. The van der Waals surface area contributed by atoms with Gasteiger partial charge < -0.3 is 15.6 Å². The topological polar surface area (TPSA) is 91.1 Å². The van der Waals surface area contributed by atoms with E-state index in [1.807, 2.05) is 12.1 Å². The highest BCUT2D eigenvalue weighted by Gasteiger charge is 2.26. The monoisotopic (exact) mass is 484 g/mol. The normalized spacial score (nSPS) is 16.6. The van der Waals surface area contributed by atoms with Crippen molar-refractivity contribution in [3.8, 4) is 22.3 Å². The van der Waals surface area contributed by atoms with Crippen molar-refractivity contribution in [1.29, 1.82) is 0 Å². The van der Waals surface area contributed by atoms with Gasteiger partial charge in [0.05, 0.1) is 10.9 Å². The maximum atomic E-state index is 14.9. The summed E-state index contributed by atoms with van der Waals surface area (Å²) >= 11 is 0. The molecule has 8 heteroatoms. The number of aromatic amines is 1. The lowest BCUT2D eigenvalue weighted by molar-refractivity contribution is 0.248. The second-order valence-electron chi connectivity index (χ2n) is 9.92. The molecule has 3 N–H and O–H groups in total. The number of aromatic nitrogens is 3. The highest BCUT2D eigenvalue weighted by atomic mass is 19.1. The Hall–Kier alpha value is -3.78. The fourth-order valence-corrected chi connectivity index (χ4v) is 5.07. The summed E-state index contributed by atoms with van der Waals surface area (Å²) in [6, 6.07) is 15.0. The molecule has 2 aromatic heterocycles. The second-order valence-corrected chi connectivity index (χ2v) is 9.92. The maximum absolute atomic E-state index is 14.9.